The minimum atomic E-state index is -4.70. The summed E-state index contributed by atoms with van der Waals surface area (Å²) in [5, 5.41) is 6.57. The first-order valence-corrected chi connectivity index (χ1v) is 4.98. The lowest BCUT2D eigenvalue weighted by Crippen LogP contribution is -2.20. The third-order valence-electron chi connectivity index (χ3n) is 1.92. The maximum absolute atomic E-state index is 12.8. The molecule has 1 heterocycles. The van der Waals surface area contributed by atoms with E-state index in [1.54, 1.807) is 0 Å². The zero-order valence-corrected chi connectivity index (χ0v) is 9.58. The highest BCUT2D eigenvalue weighted by Crippen LogP contribution is 2.32. The highest BCUT2D eigenvalue weighted by molar-refractivity contribution is 5.88. The van der Waals surface area contributed by atoms with Crippen molar-refractivity contribution < 1.29 is 22.7 Å². The van der Waals surface area contributed by atoms with Gasteiger partial charge in [-0.1, -0.05) is 5.21 Å². The van der Waals surface area contributed by atoms with Crippen LogP contribution >= 0.6 is 0 Å². The minimum Gasteiger partial charge on any atom is -0.461 e. The van der Waals surface area contributed by atoms with Gasteiger partial charge in [0.05, 0.1) is 6.61 Å². The fraction of sp³-hybridized carbons (Fsp3) is 0.667. The van der Waals surface area contributed by atoms with Crippen molar-refractivity contribution in [3.8, 4) is 0 Å². The number of halogens is 3. The summed E-state index contributed by atoms with van der Waals surface area (Å²) in [5.74, 6) is -1.12. The van der Waals surface area contributed by atoms with E-state index in [0.717, 1.165) is 0 Å². The van der Waals surface area contributed by atoms with Gasteiger partial charge in [-0.05, 0) is 20.8 Å². The predicted octanol–water partition coefficient (Wildman–Crippen LogP) is 2.05. The molecule has 96 valence electrons. The number of nitrogens with zero attached hydrogens (tertiary/aromatic N) is 3. The number of esters is 1. The molecule has 0 unspecified atom stereocenters. The summed E-state index contributed by atoms with van der Waals surface area (Å²) < 4.78 is 43.5. The van der Waals surface area contributed by atoms with Crippen LogP contribution in [0.4, 0.5) is 13.2 Å². The molecule has 1 aromatic rings. The molecular formula is C9H12F3N3O2. The van der Waals surface area contributed by atoms with Gasteiger partial charge in [0.25, 0.3) is 0 Å². The molecule has 5 nitrogen and oxygen atoms in total. The Balaban J connectivity index is 3.28. The van der Waals surface area contributed by atoms with E-state index in [1.165, 1.54) is 20.8 Å². The lowest BCUT2D eigenvalue weighted by Gasteiger charge is -2.12. The van der Waals surface area contributed by atoms with Crippen molar-refractivity contribution in [2.24, 2.45) is 0 Å². The van der Waals surface area contributed by atoms with Crippen LogP contribution in [-0.4, -0.2) is 27.6 Å². The summed E-state index contributed by atoms with van der Waals surface area (Å²) in [7, 11) is 0. The van der Waals surface area contributed by atoms with Gasteiger partial charge in [0.15, 0.2) is 5.69 Å². The molecule has 0 spiro atoms. The highest BCUT2D eigenvalue weighted by atomic mass is 19.4. The van der Waals surface area contributed by atoms with Crippen molar-refractivity contribution >= 4 is 5.97 Å². The Labute approximate surface area is 95.6 Å². The van der Waals surface area contributed by atoms with Crippen LogP contribution in [0.1, 0.15) is 43.0 Å². The number of aromatic nitrogens is 3. The fourth-order valence-electron chi connectivity index (χ4n) is 1.26. The van der Waals surface area contributed by atoms with Gasteiger partial charge in [-0.3, -0.25) is 0 Å². The summed E-state index contributed by atoms with van der Waals surface area (Å²) in [6.07, 6.45) is -4.70. The molecule has 0 fully saturated rings. The van der Waals surface area contributed by atoms with E-state index >= 15 is 0 Å². The van der Waals surface area contributed by atoms with Gasteiger partial charge in [0.2, 0.25) is 5.69 Å². The van der Waals surface area contributed by atoms with E-state index in [4.69, 9.17) is 0 Å². The average molecular weight is 251 g/mol. The number of carbonyl (C=O) groups is 1. The first-order valence-electron chi connectivity index (χ1n) is 4.98. The lowest BCUT2D eigenvalue weighted by molar-refractivity contribution is -0.145. The molecule has 0 saturated heterocycles. The van der Waals surface area contributed by atoms with Crippen LogP contribution in [0.3, 0.4) is 0 Å². The molecule has 0 radical (unpaired) electrons. The SMILES string of the molecule is CCOC(=O)c1nnn(C(C)C)c1C(F)(F)F. The molecule has 0 bridgehead atoms. The first-order chi connectivity index (χ1) is 7.79. The van der Waals surface area contributed by atoms with Gasteiger partial charge in [-0.25, -0.2) is 9.48 Å². The monoisotopic (exact) mass is 251 g/mol. The first kappa shape index (κ1) is 13.5. The number of alkyl halides is 3. The standard InChI is InChI=1S/C9H12F3N3O2/c1-4-17-8(16)6-7(9(10,11)12)15(5(2)3)14-13-6/h5H,4H2,1-3H3. The molecule has 0 aromatic carbocycles. The number of ether oxygens (including phenoxy) is 1. The Hall–Kier alpha value is -1.60. The van der Waals surface area contributed by atoms with Crippen LogP contribution in [0.2, 0.25) is 0 Å². The Morgan fingerprint density at radius 2 is 2.06 bits per heavy atom. The van der Waals surface area contributed by atoms with Gasteiger partial charge in [0.1, 0.15) is 0 Å². The maximum atomic E-state index is 12.8. The molecule has 0 aliphatic carbocycles. The quantitative estimate of drug-likeness (QED) is 0.771. The minimum absolute atomic E-state index is 0.0231. The van der Waals surface area contributed by atoms with Crippen LogP contribution < -0.4 is 0 Å². The van der Waals surface area contributed by atoms with Crippen molar-refractivity contribution in [2.75, 3.05) is 6.61 Å². The van der Waals surface area contributed by atoms with Gasteiger partial charge < -0.3 is 4.74 Å². The Morgan fingerprint density at radius 1 is 1.47 bits per heavy atom. The Bertz CT molecular complexity index is 412. The molecule has 1 aromatic heterocycles. The highest BCUT2D eigenvalue weighted by Gasteiger charge is 2.42. The summed E-state index contributed by atoms with van der Waals surface area (Å²) >= 11 is 0. The third-order valence-corrected chi connectivity index (χ3v) is 1.92. The van der Waals surface area contributed by atoms with E-state index < -0.39 is 29.6 Å². The second kappa shape index (κ2) is 4.72. The zero-order chi connectivity index (χ0) is 13.2. The lowest BCUT2D eigenvalue weighted by atomic mass is 10.3. The van der Waals surface area contributed by atoms with Crippen LogP contribution in [0, 0.1) is 0 Å². The molecular weight excluding hydrogens is 239 g/mol. The van der Waals surface area contributed by atoms with Gasteiger partial charge in [-0.2, -0.15) is 13.2 Å². The van der Waals surface area contributed by atoms with Crippen LogP contribution in [-0.2, 0) is 10.9 Å². The van der Waals surface area contributed by atoms with Crippen molar-refractivity contribution in [2.45, 2.75) is 33.0 Å². The van der Waals surface area contributed by atoms with Crippen LogP contribution in [0.25, 0.3) is 0 Å². The van der Waals surface area contributed by atoms with Crippen molar-refractivity contribution in [3.05, 3.63) is 11.4 Å². The van der Waals surface area contributed by atoms with E-state index in [-0.39, 0.29) is 6.61 Å². The second-order valence-electron chi connectivity index (χ2n) is 3.54. The summed E-state index contributed by atoms with van der Waals surface area (Å²) in [4.78, 5) is 11.3. The second-order valence-corrected chi connectivity index (χ2v) is 3.54. The van der Waals surface area contributed by atoms with E-state index in [2.05, 4.69) is 15.0 Å². The van der Waals surface area contributed by atoms with Crippen molar-refractivity contribution in [1.82, 2.24) is 15.0 Å². The number of hydrogen-bond donors (Lipinski definition) is 0. The maximum Gasteiger partial charge on any atom is 0.435 e. The average Bonchev–Trinajstić information content (AvgIpc) is 2.61. The molecule has 8 heteroatoms. The fourth-order valence-corrected chi connectivity index (χ4v) is 1.26. The third kappa shape index (κ3) is 2.75. The summed E-state index contributed by atoms with van der Waals surface area (Å²) in [5.41, 5.74) is -1.97. The molecule has 0 atom stereocenters. The Kier molecular flexibility index (Phi) is 3.74. The normalized spacial score (nSPS) is 11.9. The molecule has 0 N–H and O–H groups in total. The van der Waals surface area contributed by atoms with Crippen molar-refractivity contribution in [1.29, 1.82) is 0 Å². The molecule has 0 amide bonds. The number of rotatable bonds is 3. The van der Waals surface area contributed by atoms with Gasteiger partial charge in [0, 0.05) is 6.04 Å². The van der Waals surface area contributed by atoms with E-state index in [0.29, 0.717) is 4.68 Å². The molecule has 0 aliphatic rings. The molecule has 1 rings (SSSR count). The molecule has 0 aliphatic heterocycles. The molecule has 0 saturated carbocycles. The van der Waals surface area contributed by atoms with Gasteiger partial charge in [-0.15, -0.1) is 5.10 Å². The smallest absolute Gasteiger partial charge is 0.435 e. The topological polar surface area (TPSA) is 57.0 Å². The zero-order valence-electron chi connectivity index (χ0n) is 9.58. The van der Waals surface area contributed by atoms with Crippen LogP contribution in [0.15, 0.2) is 0 Å². The Morgan fingerprint density at radius 3 is 2.47 bits per heavy atom. The van der Waals surface area contributed by atoms with Gasteiger partial charge >= 0.3 is 12.1 Å². The largest absolute Gasteiger partial charge is 0.461 e. The van der Waals surface area contributed by atoms with E-state index in [9.17, 15) is 18.0 Å². The predicted molar refractivity (Wildman–Crippen MR) is 51.4 cm³/mol. The number of hydrogen-bond acceptors (Lipinski definition) is 4. The van der Waals surface area contributed by atoms with E-state index in [1.807, 2.05) is 0 Å². The summed E-state index contributed by atoms with van der Waals surface area (Å²) in [6.45, 7) is 4.50. The number of carbonyl (C=O) groups excluding carboxylic acids is 1. The molecule has 17 heavy (non-hydrogen) atoms. The van der Waals surface area contributed by atoms with Crippen molar-refractivity contribution in [3.63, 3.8) is 0 Å². The summed E-state index contributed by atoms with van der Waals surface area (Å²) in [6, 6.07) is -0.553. The van der Waals surface area contributed by atoms with Crippen LogP contribution in [0.5, 0.6) is 0 Å².